The van der Waals surface area contributed by atoms with Crippen LogP contribution in [0.5, 0.6) is 17.2 Å². The molecule has 0 spiro atoms. The van der Waals surface area contributed by atoms with Gasteiger partial charge in [0.2, 0.25) is 5.91 Å². The summed E-state index contributed by atoms with van der Waals surface area (Å²) in [6.07, 6.45) is 3.88. The highest BCUT2D eigenvalue weighted by Gasteiger charge is 2.34. The lowest BCUT2D eigenvalue weighted by atomic mass is 10.0. The average molecular weight is 519 g/mol. The number of nitrogens with zero attached hydrogens (tertiary/aromatic N) is 1. The van der Waals surface area contributed by atoms with Gasteiger partial charge in [-0.05, 0) is 54.8 Å². The number of ether oxygens (including phenoxy) is 3. The van der Waals surface area contributed by atoms with Crippen LogP contribution in [0.1, 0.15) is 53.2 Å². The molecule has 8 heteroatoms. The molecular weight excluding hydrogens is 487 g/mol. The monoisotopic (exact) mass is 518 g/mol. The van der Waals surface area contributed by atoms with E-state index in [0.29, 0.717) is 41.6 Å². The molecule has 1 aliphatic heterocycles. The van der Waals surface area contributed by atoms with E-state index < -0.39 is 11.9 Å². The second-order valence-electron chi connectivity index (χ2n) is 9.55. The van der Waals surface area contributed by atoms with Crippen molar-refractivity contribution in [2.45, 2.75) is 44.3 Å². The van der Waals surface area contributed by atoms with E-state index in [1.807, 2.05) is 24.3 Å². The molecule has 2 amide bonds. The number of rotatable bonds is 8. The van der Waals surface area contributed by atoms with E-state index in [1.54, 1.807) is 37.4 Å². The molecular formula is C30H31FN2O5. The molecule has 1 atom stereocenters. The van der Waals surface area contributed by atoms with Crippen molar-refractivity contribution in [1.29, 1.82) is 0 Å². The van der Waals surface area contributed by atoms with Gasteiger partial charge in [-0.3, -0.25) is 9.59 Å². The van der Waals surface area contributed by atoms with Gasteiger partial charge >= 0.3 is 0 Å². The van der Waals surface area contributed by atoms with Crippen LogP contribution in [0.4, 0.5) is 4.39 Å². The maximum Gasteiger partial charge on any atom is 0.255 e. The number of nitrogens with one attached hydrogen (secondary N) is 1. The Hall–Kier alpha value is -4.07. The number of halogens is 1. The summed E-state index contributed by atoms with van der Waals surface area (Å²) in [5, 5.41) is 3.14. The predicted octanol–water partition coefficient (Wildman–Crippen LogP) is 5.05. The zero-order valence-electron chi connectivity index (χ0n) is 21.3. The second-order valence-corrected chi connectivity index (χ2v) is 9.55. The minimum Gasteiger partial charge on any atom is -0.496 e. The minimum atomic E-state index is -0.998. The van der Waals surface area contributed by atoms with Gasteiger partial charge in [-0.2, -0.15) is 0 Å². The summed E-state index contributed by atoms with van der Waals surface area (Å²) >= 11 is 0. The van der Waals surface area contributed by atoms with Gasteiger partial charge in [-0.15, -0.1) is 0 Å². The Bertz CT molecular complexity index is 1290. The molecule has 1 N–H and O–H groups in total. The van der Waals surface area contributed by atoms with Crippen molar-refractivity contribution in [3.05, 3.63) is 89.2 Å². The number of amides is 2. The van der Waals surface area contributed by atoms with Gasteiger partial charge < -0.3 is 24.4 Å². The Balaban J connectivity index is 1.57. The second kappa shape index (κ2) is 11.5. The molecule has 3 aromatic rings. The van der Waals surface area contributed by atoms with Crippen molar-refractivity contribution in [3.63, 3.8) is 0 Å². The fraction of sp³-hybridized carbons (Fsp3) is 0.333. The van der Waals surface area contributed by atoms with Gasteiger partial charge in [0.15, 0.2) is 11.5 Å². The Morgan fingerprint density at radius 2 is 1.71 bits per heavy atom. The first-order valence-electron chi connectivity index (χ1n) is 12.9. The third kappa shape index (κ3) is 5.59. The number of hydrogen-bond donors (Lipinski definition) is 1. The smallest absolute Gasteiger partial charge is 0.255 e. The lowest BCUT2D eigenvalue weighted by Gasteiger charge is -2.33. The Morgan fingerprint density at radius 1 is 1.00 bits per heavy atom. The molecule has 0 aromatic heterocycles. The van der Waals surface area contributed by atoms with Gasteiger partial charge in [0.05, 0.1) is 13.7 Å². The van der Waals surface area contributed by atoms with Gasteiger partial charge in [-0.1, -0.05) is 43.2 Å². The molecule has 3 aromatic carbocycles. The summed E-state index contributed by atoms with van der Waals surface area (Å²) in [6.45, 7) is 0.920. The van der Waals surface area contributed by atoms with Crippen LogP contribution in [0, 0.1) is 5.82 Å². The van der Waals surface area contributed by atoms with Crippen LogP contribution in [-0.4, -0.2) is 43.1 Å². The molecule has 0 radical (unpaired) electrons. The fourth-order valence-corrected chi connectivity index (χ4v) is 5.11. The molecule has 0 bridgehead atoms. The quantitative estimate of drug-likeness (QED) is 0.452. The third-order valence-electron chi connectivity index (χ3n) is 7.03. The summed E-state index contributed by atoms with van der Waals surface area (Å²) in [4.78, 5) is 29.6. The van der Waals surface area contributed by atoms with Crippen molar-refractivity contribution in [3.8, 4) is 17.2 Å². The van der Waals surface area contributed by atoms with Crippen LogP contribution < -0.4 is 19.5 Å². The van der Waals surface area contributed by atoms with Crippen molar-refractivity contribution in [2.75, 3.05) is 20.3 Å². The van der Waals surface area contributed by atoms with Gasteiger partial charge in [0.25, 0.3) is 5.91 Å². The maximum absolute atomic E-state index is 14.2. The van der Waals surface area contributed by atoms with E-state index >= 15 is 0 Å². The molecule has 5 rings (SSSR count). The van der Waals surface area contributed by atoms with E-state index in [9.17, 15) is 14.0 Å². The zero-order chi connectivity index (χ0) is 26.5. The van der Waals surface area contributed by atoms with Gasteiger partial charge in [0.1, 0.15) is 30.8 Å². The molecule has 0 unspecified atom stereocenters. The molecule has 1 aliphatic carbocycles. The van der Waals surface area contributed by atoms with E-state index in [4.69, 9.17) is 14.2 Å². The molecule has 7 nitrogen and oxygen atoms in total. The van der Waals surface area contributed by atoms with Crippen LogP contribution in [0.2, 0.25) is 0 Å². The first-order chi connectivity index (χ1) is 18.5. The van der Waals surface area contributed by atoms with Crippen LogP contribution in [-0.2, 0) is 11.3 Å². The van der Waals surface area contributed by atoms with E-state index in [2.05, 4.69) is 5.32 Å². The van der Waals surface area contributed by atoms with Crippen LogP contribution in [0.25, 0.3) is 0 Å². The SMILES string of the molecule is COc1ccccc1CN(C(=O)c1ccc2c(c1)OCCO2)[C@H](C(=O)NC1CCCC1)c1ccc(F)cc1. The predicted molar refractivity (Wildman–Crippen MR) is 140 cm³/mol. The van der Waals surface area contributed by atoms with Crippen molar-refractivity contribution < 1.29 is 28.2 Å². The lowest BCUT2D eigenvalue weighted by Crippen LogP contribution is -2.46. The topological polar surface area (TPSA) is 77.1 Å². The van der Waals surface area contributed by atoms with Gasteiger partial charge in [0, 0.05) is 17.2 Å². The Labute approximate surface area is 221 Å². The van der Waals surface area contributed by atoms with E-state index in [0.717, 1.165) is 31.2 Å². The Kier molecular flexibility index (Phi) is 7.77. The highest BCUT2D eigenvalue weighted by atomic mass is 19.1. The van der Waals surface area contributed by atoms with Crippen LogP contribution in [0.15, 0.2) is 66.7 Å². The number of carbonyl (C=O) groups excluding carboxylic acids is 2. The summed E-state index contributed by atoms with van der Waals surface area (Å²) in [7, 11) is 1.57. The van der Waals surface area contributed by atoms with Crippen molar-refractivity contribution in [1.82, 2.24) is 10.2 Å². The summed E-state index contributed by atoms with van der Waals surface area (Å²) in [5.41, 5.74) is 1.61. The molecule has 0 saturated heterocycles. The largest absolute Gasteiger partial charge is 0.496 e. The Morgan fingerprint density at radius 3 is 2.45 bits per heavy atom. The summed E-state index contributed by atoms with van der Waals surface area (Å²) < 4.78 is 30.8. The van der Waals surface area contributed by atoms with Crippen LogP contribution in [0.3, 0.4) is 0 Å². The standard InChI is InChI=1S/C30H31FN2O5/c1-36-25-9-5-2-6-22(25)19-33(30(35)21-12-15-26-27(18-21)38-17-16-37-26)28(20-10-13-23(31)14-11-20)29(34)32-24-7-3-4-8-24/h2,5-6,9-15,18,24,28H,3-4,7-8,16-17,19H2,1H3,(H,32,34)/t28-/m0/s1. The lowest BCUT2D eigenvalue weighted by molar-refractivity contribution is -0.126. The van der Waals surface area contributed by atoms with Crippen molar-refractivity contribution >= 4 is 11.8 Å². The number of fused-ring (bicyclic) bond motifs is 1. The van der Waals surface area contributed by atoms with Crippen molar-refractivity contribution in [2.24, 2.45) is 0 Å². The van der Waals surface area contributed by atoms with E-state index in [-0.39, 0.29) is 24.4 Å². The number of para-hydroxylation sites is 1. The molecule has 1 fully saturated rings. The fourth-order valence-electron chi connectivity index (χ4n) is 5.11. The number of benzene rings is 3. The third-order valence-corrected chi connectivity index (χ3v) is 7.03. The molecule has 1 heterocycles. The first-order valence-corrected chi connectivity index (χ1v) is 12.9. The molecule has 198 valence electrons. The minimum absolute atomic E-state index is 0.0444. The highest BCUT2D eigenvalue weighted by molar-refractivity contribution is 5.98. The van der Waals surface area contributed by atoms with Gasteiger partial charge in [-0.25, -0.2) is 4.39 Å². The maximum atomic E-state index is 14.2. The normalized spacial score (nSPS) is 15.5. The molecule has 38 heavy (non-hydrogen) atoms. The highest BCUT2D eigenvalue weighted by Crippen LogP contribution is 2.34. The number of hydrogen-bond acceptors (Lipinski definition) is 5. The number of carbonyl (C=O) groups is 2. The first kappa shape index (κ1) is 25.6. The molecule has 1 saturated carbocycles. The summed E-state index contributed by atoms with van der Waals surface area (Å²) in [5.74, 6) is 0.555. The summed E-state index contributed by atoms with van der Waals surface area (Å²) in [6, 6.07) is 17.2. The van der Waals surface area contributed by atoms with Crippen LogP contribution >= 0.6 is 0 Å². The average Bonchev–Trinajstić information content (AvgIpc) is 3.46. The number of methoxy groups -OCH3 is 1. The van der Waals surface area contributed by atoms with E-state index in [1.165, 1.54) is 17.0 Å². The molecule has 2 aliphatic rings. The zero-order valence-corrected chi connectivity index (χ0v) is 21.3.